The molecule has 0 saturated carbocycles. The summed E-state index contributed by atoms with van der Waals surface area (Å²) in [6.45, 7) is 7.18. The first-order valence-electron chi connectivity index (χ1n) is 11.0. The van der Waals surface area contributed by atoms with Crippen LogP contribution in [0.1, 0.15) is 45.6 Å². The lowest BCUT2D eigenvalue weighted by atomic mass is 10.1. The molecule has 0 bridgehead atoms. The van der Waals surface area contributed by atoms with Crippen molar-refractivity contribution in [2.75, 3.05) is 13.2 Å². The van der Waals surface area contributed by atoms with Gasteiger partial charge in [0.15, 0.2) is 0 Å². The summed E-state index contributed by atoms with van der Waals surface area (Å²) in [6.07, 6.45) is 1.32. The van der Waals surface area contributed by atoms with Crippen LogP contribution in [0.5, 0.6) is 5.75 Å². The number of hydrogen-bond donors (Lipinski definition) is 1. The molecule has 0 radical (unpaired) electrons. The molecular formula is C25H32Cl2N2O3. The highest BCUT2D eigenvalue weighted by Gasteiger charge is 2.28. The lowest BCUT2D eigenvalue weighted by Crippen LogP contribution is -2.49. The predicted octanol–water partition coefficient (Wildman–Crippen LogP) is 5.73. The van der Waals surface area contributed by atoms with Gasteiger partial charge in [0.05, 0.1) is 6.61 Å². The summed E-state index contributed by atoms with van der Waals surface area (Å²) in [4.78, 5) is 27.7. The standard InChI is InChI=1S/C25H32Cl2N2O3/c1-4-23(25(31)28-16-18(2)3)29(17-19-12-13-20(26)15-22(19)27)24(30)11-8-14-32-21-9-6-5-7-10-21/h5-7,9-10,12-13,15,18,23H,4,8,11,14,16-17H2,1-3H3,(H,28,31). The van der Waals surface area contributed by atoms with Gasteiger partial charge in [0, 0.05) is 29.6 Å². The van der Waals surface area contributed by atoms with Crippen molar-refractivity contribution in [2.24, 2.45) is 5.92 Å². The Labute approximate surface area is 201 Å². The number of benzene rings is 2. The zero-order chi connectivity index (χ0) is 23.5. The zero-order valence-electron chi connectivity index (χ0n) is 18.9. The van der Waals surface area contributed by atoms with Crippen molar-refractivity contribution in [3.63, 3.8) is 0 Å². The topological polar surface area (TPSA) is 58.6 Å². The lowest BCUT2D eigenvalue weighted by molar-refractivity contribution is -0.141. The summed E-state index contributed by atoms with van der Waals surface area (Å²) in [6, 6.07) is 14.1. The number of ether oxygens (including phenoxy) is 1. The molecule has 0 fully saturated rings. The first-order valence-corrected chi connectivity index (χ1v) is 11.8. The molecule has 0 aromatic heterocycles. The second-order valence-corrected chi connectivity index (χ2v) is 8.93. The van der Waals surface area contributed by atoms with Gasteiger partial charge in [-0.2, -0.15) is 0 Å². The third-order valence-electron chi connectivity index (χ3n) is 4.97. The van der Waals surface area contributed by atoms with Gasteiger partial charge in [-0.25, -0.2) is 0 Å². The van der Waals surface area contributed by atoms with Gasteiger partial charge in [-0.05, 0) is 48.6 Å². The van der Waals surface area contributed by atoms with E-state index in [4.69, 9.17) is 27.9 Å². The summed E-state index contributed by atoms with van der Waals surface area (Å²) >= 11 is 12.4. The Hall–Kier alpha value is -2.24. The van der Waals surface area contributed by atoms with Gasteiger partial charge < -0.3 is 15.0 Å². The summed E-state index contributed by atoms with van der Waals surface area (Å²) in [7, 11) is 0. The molecule has 32 heavy (non-hydrogen) atoms. The van der Waals surface area contributed by atoms with Crippen LogP contribution in [0, 0.1) is 5.92 Å². The molecule has 0 saturated heterocycles. The molecule has 2 aromatic carbocycles. The van der Waals surface area contributed by atoms with Gasteiger partial charge in [-0.1, -0.05) is 68.2 Å². The van der Waals surface area contributed by atoms with E-state index in [0.717, 1.165) is 11.3 Å². The SMILES string of the molecule is CCC(C(=O)NCC(C)C)N(Cc1ccc(Cl)cc1Cl)C(=O)CCCOc1ccccc1. The Morgan fingerprint density at radius 1 is 1.09 bits per heavy atom. The molecule has 1 N–H and O–H groups in total. The average molecular weight is 479 g/mol. The van der Waals surface area contributed by atoms with Crippen LogP contribution in [0.3, 0.4) is 0 Å². The van der Waals surface area contributed by atoms with Crippen molar-refractivity contribution in [1.29, 1.82) is 0 Å². The van der Waals surface area contributed by atoms with E-state index >= 15 is 0 Å². The quantitative estimate of drug-likeness (QED) is 0.396. The van der Waals surface area contributed by atoms with Crippen molar-refractivity contribution >= 4 is 35.0 Å². The number of amides is 2. The first kappa shape index (κ1) is 26.0. The molecule has 0 heterocycles. The highest BCUT2D eigenvalue weighted by Crippen LogP contribution is 2.24. The molecule has 2 rings (SSSR count). The van der Waals surface area contributed by atoms with E-state index in [0.29, 0.717) is 42.0 Å². The van der Waals surface area contributed by atoms with Crippen molar-refractivity contribution in [1.82, 2.24) is 10.2 Å². The lowest BCUT2D eigenvalue weighted by Gasteiger charge is -2.31. The molecule has 1 atom stereocenters. The van der Waals surface area contributed by atoms with Crippen LogP contribution in [0.25, 0.3) is 0 Å². The maximum atomic E-state index is 13.2. The second-order valence-electron chi connectivity index (χ2n) is 8.09. The Balaban J connectivity index is 2.10. The van der Waals surface area contributed by atoms with Crippen molar-refractivity contribution in [2.45, 2.75) is 52.6 Å². The smallest absolute Gasteiger partial charge is 0.242 e. The maximum Gasteiger partial charge on any atom is 0.242 e. The van der Waals surface area contributed by atoms with Crippen LogP contribution in [-0.4, -0.2) is 35.9 Å². The molecule has 2 aromatic rings. The molecule has 2 amide bonds. The van der Waals surface area contributed by atoms with Crippen molar-refractivity contribution in [3.05, 3.63) is 64.1 Å². The number of hydrogen-bond acceptors (Lipinski definition) is 3. The number of para-hydroxylation sites is 1. The number of nitrogens with one attached hydrogen (secondary N) is 1. The van der Waals surface area contributed by atoms with Crippen molar-refractivity contribution < 1.29 is 14.3 Å². The average Bonchev–Trinajstić information content (AvgIpc) is 2.77. The fourth-order valence-corrected chi connectivity index (χ4v) is 3.72. The van der Waals surface area contributed by atoms with Crippen LogP contribution in [0.4, 0.5) is 0 Å². The van der Waals surface area contributed by atoms with Crippen LogP contribution < -0.4 is 10.1 Å². The monoisotopic (exact) mass is 478 g/mol. The van der Waals surface area contributed by atoms with E-state index in [1.54, 1.807) is 23.1 Å². The normalized spacial score (nSPS) is 11.8. The highest BCUT2D eigenvalue weighted by molar-refractivity contribution is 6.35. The zero-order valence-corrected chi connectivity index (χ0v) is 20.5. The third-order valence-corrected chi connectivity index (χ3v) is 5.56. The molecule has 1 unspecified atom stereocenters. The number of rotatable bonds is 12. The van der Waals surface area contributed by atoms with Gasteiger partial charge in [-0.15, -0.1) is 0 Å². The Morgan fingerprint density at radius 2 is 1.81 bits per heavy atom. The molecule has 0 aliphatic heterocycles. The van der Waals surface area contributed by atoms with Gasteiger partial charge in [0.25, 0.3) is 0 Å². The third kappa shape index (κ3) is 8.36. The van der Waals surface area contributed by atoms with E-state index in [1.165, 1.54) is 0 Å². The summed E-state index contributed by atoms with van der Waals surface area (Å²) in [5, 5.41) is 3.95. The predicted molar refractivity (Wildman–Crippen MR) is 130 cm³/mol. The number of carbonyl (C=O) groups excluding carboxylic acids is 2. The highest BCUT2D eigenvalue weighted by atomic mass is 35.5. The van der Waals surface area contributed by atoms with Gasteiger partial charge in [0.1, 0.15) is 11.8 Å². The van der Waals surface area contributed by atoms with E-state index in [1.807, 2.05) is 51.1 Å². The fourth-order valence-electron chi connectivity index (χ4n) is 3.25. The second kappa shape index (κ2) is 13.3. The van der Waals surface area contributed by atoms with Gasteiger partial charge >= 0.3 is 0 Å². The number of halogens is 2. The Bertz CT molecular complexity index is 875. The van der Waals surface area contributed by atoms with E-state index < -0.39 is 6.04 Å². The Kier molecular flexibility index (Phi) is 10.8. The molecule has 174 valence electrons. The maximum absolute atomic E-state index is 13.2. The van der Waals surface area contributed by atoms with E-state index in [9.17, 15) is 9.59 Å². The minimum absolute atomic E-state index is 0.112. The van der Waals surface area contributed by atoms with Crippen LogP contribution in [0.15, 0.2) is 48.5 Å². The molecule has 0 spiro atoms. The Morgan fingerprint density at radius 3 is 2.44 bits per heavy atom. The number of carbonyl (C=O) groups is 2. The summed E-state index contributed by atoms with van der Waals surface area (Å²) in [5.74, 6) is 0.824. The van der Waals surface area contributed by atoms with Crippen LogP contribution >= 0.6 is 23.2 Å². The largest absolute Gasteiger partial charge is 0.494 e. The molecular weight excluding hydrogens is 447 g/mol. The minimum atomic E-state index is -0.581. The molecule has 0 aliphatic carbocycles. The molecule has 5 nitrogen and oxygen atoms in total. The van der Waals surface area contributed by atoms with E-state index in [-0.39, 0.29) is 24.8 Å². The molecule has 7 heteroatoms. The van der Waals surface area contributed by atoms with Gasteiger partial charge in [-0.3, -0.25) is 9.59 Å². The fraction of sp³-hybridized carbons (Fsp3) is 0.440. The van der Waals surface area contributed by atoms with Crippen LogP contribution in [0.2, 0.25) is 10.0 Å². The van der Waals surface area contributed by atoms with Crippen molar-refractivity contribution in [3.8, 4) is 5.75 Å². The summed E-state index contributed by atoms with van der Waals surface area (Å²) in [5.41, 5.74) is 0.750. The summed E-state index contributed by atoms with van der Waals surface area (Å²) < 4.78 is 5.70. The molecule has 0 aliphatic rings. The van der Waals surface area contributed by atoms with Crippen LogP contribution in [-0.2, 0) is 16.1 Å². The minimum Gasteiger partial charge on any atom is -0.494 e. The van der Waals surface area contributed by atoms with Gasteiger partial charge in [0.2, 0.25) is 11.8 Å². The van der Waals surface area contributed by atoms with E-state index in [2.05, 4.69) is 5.32 Å². The first-order chi connectivity index (χ1) is 15.3. The number of nitrogens with zero attached hydrogens (tertiary/aromatic N) is 1.